The highest BCUT2D eigenvalue weighted by atomic mass is 16.7. The lowest BCUT2D eigenvalue weighted by Gasteiger charge is -2.22. The molecule has 2 fully saturated rings. The summed E-state index contributed by atoms with van der Waals surface area (Å²) in [6.45, 7) is 3.18. The second kappa shape index (κ2) is 3.56. The molecule has 2 heterocycles. The van der Waals surface area contributed by atoms with Crippen molar-refractivity contribution in [2.24, 2.45) is 0 Å². The topological polar surface area (TPSA) is 32.7 Å². The normalized spacial score (nSPS) is 41.5. The van der Waals surface area contributed by atoms with E-state index >= 15 is 0 Å². The Labute approximate surface area is 79.6 Å². The van der Waals surface area contributed by atoms with Crippen LogP contribution in [0.4, 0.5) is 0 Å². The molecular formula is C10H19NO2. The number of rotatable bonds is 1. The van der Waals surface area contributed by atoms with E-state index in [0.717, 1.165) is 13.0 Å². The van der Waals surface area contributed by atoms with Crippen LogP contribution in [0.3, 0.4) is 0 Å². The Balaban J connectivity index is 2.01. The smallest absolute Gasteiger partial charge is 0.112 e. The standard InChI is InChI=1S/C10H19NO2/c1-10(8-12)7-9-5-3-2-4-6-11(9)13-10/h9,12H,2-8H2,1H3. The monoisotopic (exact) mass is 185 g/mol. The van der Waals surface area contributed by atoms with E-state index in [1.165, 1.54) is 25.7 Å². The summed E-state index contributed by atoms with van der Waals surface area (Å²) < 4.78 is 0. The van der Waals surface area contributed by atoms with Crippen molar-refractivity contribution in [3.8, 4) is 0 Å². The highest BCUT2D eigenvalue weighted by Crippen LogP contribution is 2.34. The molecular weight excluding hydrogens is 166 g/mol. The third kappa shape index (κ3) is 1.87. The lowest BCUT2D eigenvalue weighted by Crippen LogP contribution is -2.31. The predicted octanol–water partition coefficient (Wildman–Crippen LogP) is 1.32. The van der Waals surface area contributed by atoms with Gasteiger partial charge in [0.25, 0.3) is 0 Å². The molecule has 2 saturated heterocycles. The number of aliphatic hydroxyl groups excluding tert-OH is 1. The number of aliphatic hydroxyl groups is 1. The highest BCUT2D eigenvalue weighted by molar-refractivity contribution is 4.88. The molecule has 0 saturated carbocycles. The molecule has 0 radical (unpaired) electrons. The van der Waals surface area contributed by atoms with Crippen LogP contribution in [0.2, 0.25) is 0 Å². The van der Waals surface area contributed by atoms with Crippen molar-refractivity contribution < 1.29 is 9.94 Å². The van der Waals surface area contributed by atoms with Crippen LogP contribution in [0.5, 0.6) is 0 Å². The molecule has 0 aromatic rings. The second-order valence-corrected chi connectivity index (χ2v) is 4.55. The summed E-state index contributed by atoms with van der Waals surface area (Å²) in [4.78, 5) is 5.77. The second-order valence-electron chi connectivity index (χ2n) is 4.55. The molecule has 0 spiro atoms. The molecule has 0 aliphatic carbocycles. The Kier molecular flexibility index (Phi) is 2.58. The number of hydroxylamine groups is 2. The minimum absolute atomic E-state index is 0.139. The minimum Gasteiger partial charge on any atom is -0.393 e. The maximum Gasteiger partial charge on any atom is 0.112 e. The molecule has 1 N–H and O–H groups in total. The van der Waals surface area contributed by atoms with Crippen molar-refractivity contribution in [3.63, 3.8) is 0 Å². The van der Waals surface area contributed by atoms with Crippen LogP contribution in [0.25, 0.3) is 0 Å². The Hall–Kier alpha value is -0.120. The fraction of sp³-hybridized carbons (Fsp3) is 1.00. The van der Waals surface area contributed by atoms with Crippen molar-refractivity contribution in [1.82, 2.24) is 5.06 Å². The lowest BCUT2D eigenvalue weighted by molar-refractivity contribution is -0.208. The lowest BCUT2D eigenvalue weighted by atomic mass is 9.97. The van der Waals surface area contributed by atoms with Gasteiger partial charge in [0.2, 0.25) is 0 Å². The van der Waals surface area contributed by atoms with Crippen LogP contribution in [-0.2, 0) is 4.84 Å². The quantitative estimate of drug-likeness (QED) is 0.668. The summed E-state index contributed by atoms with van der Waals surface area (Å²) in [5, 5.41) is 11.3. The van der Waals surface area contributed by atoms with Gasteiger partial charge >= 0.3 is 0 Å². The third-order valence-electron chi connectivity index (χ3n) is 3.16. The fourth-order valence-corrected chi connectivity index (χ4v) is 2.39. The zero-order valence-corrected chi connectivity index (χ0v) is 8.33. The average molecular weight is 185 g/mol. The van der Waals surface area contributed by atoms with Crippen LogP contribution in [0, 0.1) is 0 Å². The zero-order chi connectivity index (χ0) is 9.31. The molecule has 76 valence electrons. The molecule has 0 amide bonds. The van der Waals surface area contributed by atoms with E-state index in [4.69, 9.17) is 4.84 Å². The molecule has 2 aliphatic heterocycles. The van der Waals surface area contributed by atoms with Gasteiger partial charge in [0, 0.05) is 12.6 Å². The first-order chi connectivity index (χ1) is 6.23. The van der Waals surface area contributed by atoms with E-state index in [-0.39, 0.29) is 12.2 Å². The van der Waals surface area contributed by atoms with E-state index in [9.17, 15) is 5.11 Å². The van der Waals surface area contributed by atoms with Gasteiger partial charge < -0.3 is 5.11 Å². The summed E-state index contributed by atoms with van der Waals surface area (Å²) in [5.74, 6) is 0. The van der Waals surface area contributed by atoms with Crippen LogP contribution in [-0.4, -0.2) is 35.0 Å². The minimum atomic E-state index is -0.304. The van der Waals surface area contributed by atoms with Gasteiger partial charge in [-0.25, -0.2) is 0 Å². The van der Waals surface area contributed by atoms with Crippen molar-refractivity contribution in [1.29, 1.82) is 0 Å². The van der Waals surface area contributed by atoms with Crippen LogP contribution >= 0.6 is 0 Å². The first kappa shape index (κ1) is 9.44. The summed E-state index contributed by atoms with van der Waals surface area (Å²) in [6.07, 6.45) is 6.09. The predicted molar refractivity (Wildman–Crippen MR) is 50.2 cm³/mol. The van der Waals surface area contributed by atoms with E-state index in [0.29, 0.717) is 6.04 Å². The molecule has 0 aromatic heterocycles. The Morgan fingerprint density at radius 3 is 3.08 bits per heavy atom. The van der Waals surface area contributed by atoms with Gasteiger partial charge in [-0.2, -0.15) is 5.06 Å². The van der Waals surface area contributed by atoms with E-state index in [1.54, 1.807) is 0 Å². The summed E-state index contributed by atoms with van der Waals surface area (Å²) >= 11 is 0. The SMILES string of the molecule is CC1(CO)CC2CCCCCN2O1. The van der Waals surface area contributed by atoms with Gasteiger partial charge in [-0.3, -0.25) is 4.84 Å². The summed E-state index contributed by atoms with van der Waals surface area (Å²) in [6, 6.07) is 0.555. The fourth-order valence-electron chi connectivity index (χ4n) is 2.39. The first-order valence-electron chi connectivity index (χ1n) is 5.30. The summed E-state index contributed by atoms with van der Waals surface area (Å²) in [5.41, 5.74) is -0.304. The van der Waals surface area contributed by atoms with E-state index in [1.807, 2.05) is 6.92 Å². The van der Waals surface area contributed by atoms with Crippen molar-refractivity contribution in [3.05, 3.63) is 0 Å². The summed E-state index contributed by atoms with van der Waals surface area (Å²) in [7, 11) is 0. The maximum atomic E-state index is 9.19. The van der Waals surface area contributed by atoms with Gasteiger partial charge in [-0.15, -0.1) is 0 Å². The number of fused-ring (bicyclic) bond motifs is 1. The molecule has 13 heavy (non-hydrogen) atoms. The van der Waals surface area contributed by atoms with Gasteiger partial charge in [-0.05, 0) is 26.2 Å². The van der Waals surface area contributed by atoms with Crippen LogP contribution in [0.1, 0.15) is 39.0 Å². The Morgan fingerprint density at radius 2 is 2.31 bits per heavy atom. The largest absolute Gasteiger partial charge is 0.393 e. The molecule has 3 heteroatoms. The highest BCUT2D eigenvalue weighted by Gasteiger charge is 2.41. The van der Waals surface area contributed by atoms with Gasteiger partial charge in [0.1, 0.15) is 5.60 Å². The van der Waals surface area contributed by atoms with Crippen molar-refractivity contribution in [2.45, 2.75) is 50.7 Å². The van der Waals surface area contributed by atoms with Crippen LogP contribution < -0.4 is 0 Å². The average Bonchev–Trinajstić information content (AvgIpc) is 2.29. The molecule has 2 rings (SSSR count). The molecule has 2 unspecified atom stereocenters. The number of nitrogens with zero attached hydrogens (tertiary/aromatic N) is 1. The molecule has 2 aliphatic rings. The maximum absolute atomic E-state index is 9.19. The third-order valence-corrected chi connectivity index (χ3v) is 3.16. The zero-order valence-electron chi connectivity index (χ0n) is 8.33. The number of hydrogen-bond acceptors (Lipinski definition) is 3. The van der Waals surface area contributed by atoms with E-state index < -0.39 is 0 Å². The van der Waals surface area contributed by atoms with Gasteiger partial charge in [0.15, 0.2) is 0 Å². The van der Waals surface area contributed by atoms with Gasteiger partial charge in [-0.1, -0.05) is 12.8 Å². The molecule has 3 nitrogen and oxygen atoms in total. The number of hydrogen-bond donors (Lipinski definition) is 1. The Morgan fingerprint density at radius 1 is 1.46 bits per heavy atom. The molecule has 0 aromatic carbocycles. The first-order valence-corrected chi connectivity index (χ1v) is 5.30. The Bertz CT molecular complexity index is 170. The molecule has 0 bridgehead atoms. The molecule has 2 atom stereocenters. The van der Waals surface area contributed by atoms with Crippen LogP contribution in [0.15, 0.2) is 0 Å². The van der Waals surface area contributed by atoms with Gasteiger partial charge in [0.05, 0.1) is 6.61 Å². The van der Waals surface area contributed by atoms with Crippen molar-refractivity contribution >= 4 is 0 Å². The van der Waals surface area contributed by atoms with E-state index in [2.05, 4.69) is 5.06 Å². The van der Waals surface area contributed by atoms with Crippen molar-refractivity contribution in [2.75, 3.05) is 13.2 Å².